The first kappa shape index (κ1) is 12.4. The summed E-state index contributed by atoms with van der Waals surface area (Å²) in [6.07, 6.45) is 0.339. The van der Waals surface area contributed by atoms with Crippen molar-refractivity contribution in [1.29, 1.82) is 0 Å². The van der Waals surface area contributed by atoms with E-state index in [-0.39, 0.29) is 16.1 Å². The van der Waals surface area contributed by atoms with Crippen molar-refractivity contribution in [3.8, 4) is 0 Å². The zero-order chi connectivity index (χ0) is 11.6. The Labute approximate surface area is 93.4 Å². The summed E-state index contributed by atoms with van der Waals surface area (Å²) in [5.41, 5.74) is -0.103. The number of halogens is 3. The highest BCUT2D eigenvalue weighted by Crippen LogP contribution is 2.26. The summed E-state index contributed by atoms with van der Waals surface area (Å²) < 4.78 is 26.5. The monoisotopic (exact) mass is 233 g/mol. The van der Waals surface area contributed by atoms with Gasteiger partial charge in [0, 0.05) is 11.1 Å². The maximum absolute atomic E-state index is 13.4. The molecule has 1 N–H and O–H groups in total. The molecule has 0 aliphatic heterocycles. The van der Waals surface area contributed by atoms with Gasteiger partial charge in [0.25, 0.3) is 0 Å². The molecule has 0 aromatic heterocycles. The van der Waals surface area contributed by atoms with E-state index in [1.54, 1.807) is 7.05 Å². The summed E-state index contributed by atoms with van der Waals surface area (Å²) in [5.74, 6) is -1.05. The third kappa shape index (κ3) is 2.89. The Bertz CT molecular complexity index is 364. The van der Waals surface area contributed by atoms with Crippen LogP contribution in [-0.4, -0.2) is 12.6 Å². The van der Waals surface area contributed by atoms with E-state index in [1.165, 1.54) is 0 Å². The van der Waals surface area contributed by atoms with Crippen LogP contribution in [0, 0.1) is 11.6 Å². The molecule has 4 heteroatoms. The van der Waals surface area contributed by atoms with Crippen molar-refractivity contribution < 1.29 is 8.78 Å². The minimum atomic E-state index is -0.583. The van der Waals surface area contributed by atoms with E-state index >= 15 is 0 Å². The molecule has 0 heterocycles. The quantitative estimate of drug-likeness (QED) is 0.791. The van der Waals surface area contributed by atoms with Gasteiger partial charge < -0.3 is 5.32 Å². The summed E-state index contributed by atoms with van der Waals surface area (Å²) in [7, 11) is 1.77. The van der Waals surface area contributed by atoms with Gasteiger partial charge in [0.1, 0.15) is 11.6 Å². The van der Waals surface area contributed by atoms with E-state index in [0.29, 0.717) is 6.42 Å². The zero-order valence-corrected chi connectivity index (χ0v) is 9.75. The summed E-state index contributed by atoms with van der Waals surface area (Å²) >= 11 is 5.72. The second kappa shape index (κ2) is 4.45. The molecule has 0 amide bonds. The van der Waals surface area contributed by atoms with E-state index in [1.807, 2.05) is 13.8 Å². The van der Waals surface area contributed by atoms with Gasteiger partial charge in [-0.05, 0) is 39.4 Å². The highest BCUT2D eigenvalue weighted by atomic mass is 35.5. The molecule has 1 nitrogen and oxygen atoms in total. The molecule has 0 unspecified atom stereocenters. The van der Waals surface area contributed by atoms with Gasteiger partial charge in [0.15, 0.2) is 0 Å². The van der Waals surface area contributed by atoms with Crippen LogP contribution in [0.1, 0.15) is 19.4 Å². The van der Waals surface area contributed by atoms with Crippen molar-refractivity contribution >= 4 is 11.6 Å². The van der Waals surface area contributed by atoms with Gasteiger partial charge >= 0.3 is 0 Å². The van der Waals surface area contributed by atoms with Crippen molar-refractivity contribution in [2.75, 3.05) is 7.05 Å². The van der Waals surface area contributed by atoms with Gasteiger partial charge in [-0.2, -0.15) is 0 Å². The van der Waals surface area contributed by atoms with E-state index in [4.69, 9.17) is 11.6 Å². The molecule has 0 saturated carbocycles. The van der Waals surface area contributed by atoms with Crippen molar-refractivity contribution in [3.05, 3.63) is 34.4 Å². The molecule has 0 bridgehead atoms. The number of hydrogen-bond donors (Lipinski definition) is 1. The molecular formula is C11H14ClF2N. The summed E-state index contributed by atoms with van der Waals surface area (Å²) in [4.78, 5) is 0. The largest absolute Gasteiger partial charge is 0.314 e. The lowest BCUT2D eigenvalue weighted by Gasteiger charge is -2.24. The zero-order valence-electron chi connectivity index (χ0n) is 9.00. The van der Waals surface area contributed by atoms with E-state index in [0.717, 1.165) is 12.1 Å². The van der Waals surface area contributed by atoms with Crippen LogP contribution in [0.3, 0.4) is 0 Å². The van der Waals surface area contributed by atoms with Gasteiger partial charge in [0.2, 0.25) is 0 Å². The van der Waals surface area contributed by atoms with Crippen molar-refractivity contribution in [2.24, 2.45) is 0 Å². The van der Waals surface area contributed by atoms with E-state index in [2.05, 4.69) is 5.32 Å². The standard InChI is InChI=1S/C11H14ClF2N/c1-11(2,15-3)6-7-8(13)4-5-9(14)10(7)12/h4-5,15H,6H2,1-3H3. The van der Waals surface area contributed by atoms with Crippen LogP contribution in [0.15, 0.2) is 12.1 Å². The highest BCUT2D eigenvalue weighted by Gasteiger charge is 2.21. The molecule has 0 fully saturated rings. The van der Waals surface area contributed by atoms with Gasteiger partial charge in [0.05, 0.1) is 5.02 Å². The molecule has 0 aliphatic carbocycles. The Morgan fingerprint density at radius 1 is 1.27 bits per heavy atom. The summed E-state index contributed by atoms with van der Waals surface area (Å²) in [6, 6.07) is 2.13. The first-order chi connectivity index (χ1) is 6.87. The Morgan fingerprint density at radius 2 is 1.80 bits per heavy atom. The number of hydrogen-bond acceptors (Lipinski definition) is 1. The van der Waals surface area contributed by atoms with Crippen LogP contribution in [0.2, 0.25) is 5.02 Å². The van der Waals surface area contributed by atoms with Crippen molar-refractivity contribution in [1.82, 2.24) is 5.32 Å². The minimum absolute atomic E-state index is 0.127. The normalized spacial score (nSPS) is 11.9. The fourth-order valence-electron chi connectivity index (χ4n) is 1.26. The average molecular weight is 234 g/mol. The topological polar surface area (TPSA) is 12.0 Å². The Balaban J connectivity index is 3.09. The maximum Gasteiger partial charge on any atom is 0.142 e. The van der Waals surface area contributed by atoms with Gasteiger partial charge in [-0.3, -0.25) is 0 Å². The second-order valence-electron chi connectivity index (χ2n) is 4.13. The number of rotatable bonds is 3. The van der Waals surface area contributed by atoms with Crippen LogP contribution in [0.5, 0.6) is 0 Å². The van der Waals surface area contributed by atoms with Gasteiger partial charge in [-0.15, -0.1) is 0 Å². The van der Waals surface area contributed by atoms with E-state index < -0.39 is 11.6 Å². The predicted molar refractivity (Wildman–Crippen MR) is 58.2 cm³/mol. The lowest BCUT2D eigenvalue weighted by Crippen LogP contribution is -2.38. The first-order valence-electron chi connectivity index (χ1n) is 4.68. The number of likely N-dealkylation sites (N-methyl/N-ethyl adjacent to an activating group) is 1. The molecule has 0 aliphatic rings. The molecule has 1 aromatic rings. The molecule has 1 rings (SSSR count). The fraction of sp³-hybridized carbons (Fsp3) is 0.455. The Kier molecular flexibility index (Phi) is 3.68. The average Bonchev–Trinajstić information content (AvgIpc) is 2.19. The van der Waals surface area contributed by atoms with Gasteiger partial charge in [-0.25, -0.2) is 8.78 Å². The Morgan fingerprint density at radius 3 is 2.33 bits per heavy atom. The lowest BCUT2D eigenvalue weighted by molar-refractivity contribution is 0.412. The minimum Gasteiger partial charge on any atom is -0.314 e. The summed E-state index contributed by atoms with van der Waals surface area (Å²) in [6.45, 7) is 3.79. The molecule has 15 heavy (non-hydrogen) atoms. The molecular weight excluding hydrogens is 220 g/mol. The second-order valence-corrected chi connectivity index (χ2v) is 4.51. The first-order valence-corrected chi connectivity index (χ1v) is 5.06. The van der Waals surface area contributed by atoms with Gasteiger partial charge in [-0.1, -0.05) is 11.6 Å². The van der Waals surface area contributed by atoms with Crippen LogP contribution in [-0.2, 0) is 6.42 Å². The van der Waals surface area contributed by atoms with Crippen molar-refractivity contribution in [2.45, 2.75) is 25.8 Å². The van der Waals surface area contributed by atoms with Crippen molar-refractivity contribution in [3.63, 3.8) is 0 Å². The maximum atomic E-state index is 13.4. The summed E-state index contributed by atoms with van der Waals surface area (Å²) in [5, 5.41) is 2.89. The number of nitrogens with one attached hydrogen (secondary N) is 1. The fourth-order valence-corrected chi connectivity index (χ4v) is 1.48. The third-order valence-corrected chi connectivity index (χ3v) is 2.84. The smallest absolute Gasteiger partial charge is 0.142 e. The van der Waals surface area contributed by atoms with Crippen LogP contribution in [0.4, 0.5) is 8.78 Å². The molecule has 0 saturated heterocycles. The third-order valence-electron chi connectivity index (χ3n) is 2.43. The highest BCUT2D eigenvalue weighted by molar-refractivity contribution is 6.31. The number of benzene rings is 1. The van der Waals surface area contributed by atoms with Crippen LogP contribution < -0.4 is 5.32 Å². The van der Waals surface area contributed by atoms with Crippen LogP contribution >= 0.6 is 11.6 Å². The predicted octanol–water partition coefficient (Wildman–Crippen LogP) is 3.16. The molecule has 0 atom stereocenters. The molecule has 1 aromatic carbocycles. The molecule has 0 radical (unpaired) electrons. The Hall–Kier alpha value is -0.670. The van der Waals surface area contributed by atoms with E-state index in [9.17, 15) is 8.78 Å². The molecule has 0 spiro atoms. The molecule has 84 valence electrons. The van der Waals surface area contributed by atoms with Crippen LogP contribution in [0.25, 0.3) is 0 Å². The SMILES string of the molecule is CNC(C)(C)Cc1c(F)ccc(F)c1Cl. The lowest BCUT2D eigenvalue weighted by atomic mass is 9.95.